The molecule has 1 aliphatic carbocycles. The minimum absolute atomic E-state index is 0.0622. The summed E-state index contributed by atoms with van der Waals surface area (Å²) < 4.78 is 5.53. The van der Waals surface area contributed by atoms with Gasteiger partial charge >= 0.3 is 0 Å². The first kappa shape index (κ1) is 16.7. The third-order valence-corrected chi connectivity index (χ3v) is 5.97. The molecule has 130 valence electrons. The van der Waals surface area contributed by atoms with Crippen LogP contribution in [0.1, 0.15) is 58.3 Å². The SMILES string of the molecule is CCCC(=O)N1CC(C(=O)NC2CCCC2)C2(CCOCC2)C1. The van der Waals surface area contributed by atoms with Crippen LogP contribution in [0, 0.1) is 11.3 Å². The van der Waals surface area contributed by atoms with E-state index in [-0.39, 0.29) is 23.1 Å². The number of likely N-dealkylation sites (tertiary alicyclic amines) is 1. The summed E-state index contributed by atoms with van der Waals surface area (Å²) in [6.45, 7) is 4.78. The molecule has 5 nitrogen and oxygen atoms in total. The van der Waals surface area contributed by atoms with E-state index in [2.05, 4.69) is 5.32 Å². The first-order chi connectivity index (χ1) is 11.1. The van der Waals surface area contributed by atoms with Crippen LogP contribution in [0.25, 0.3) is 0 Å². The Hall–Kier alpha value is -1.10. The smallest absolute Gasteiger partial charge is 0.225 e. The summed E-state index contributed by atoms with van der Waals surface area (Å²) in [5.41, 5.74) is -0.0651. The highest BCUT2D eigenvalue weighted by Gasteiger charge is 2.51. The van der Waals surface area contributed by atoms with Crippen LogP contribution in [-0.2, 0) is 14.3 Å². The average molecular weight is 322 g/mol. The third-order valence-electron chi connectivity index (χ3n) is 5.97. The van der Waals surface area contributed by atoms with Crippen molar-refractivity contribution in [1.82, 2.24) is 10.2 Å². The lowest BCUT2D eigenvalue weighted by atomic mass is 9.71. The summed E-state index contributed by atoms with van der Waals surface area (Å²) >= 11 is 0. The molecule has 5 heteroatoms. The molecule has 0 radical (unpaired) electrons. The second-order valence-corrected chi connectivity index (χ2v) is 7.54. The minimum atomic E-state index is -0.0651. The van der Waals surface area contributed by atoms with Crippen molar-refractivity contribution >= 4 is 11.8 Å². The Balaban J connectivity index is 1.71. The fourth-order valence-corrected chi connectivity index (χ4v) is 4.55. The molecule has 1 spiro atoms. The minimum Gasteiger partial charge on any atom is -0.381 e. The summed E-state index contributed by atoms with van der Waals surface area (Å²) in [5, 5.41) is 3.27. The zero-order valence-corrected chi connectivity index (χ0v) is 14.3. The number of hydrogen-bond donors (Lipinski definition) is 1. The van der Waals surface area contributed by atoms with Crippen molar-refractivity contribution in [3.63, 3.8) is 0 Å². The molecule has 0 aromatic carbocycles. The first-order valence-electron chi connectivity index (χ1n) is 9.30. The van der Waals surface area contributed by atoms with Gasteiger partial charge < -0.3 is 15.0 Å². The summed E-state index contributed by atoms with van der Waals surface area (Å²) in [6, 6.07) is 0.347. The van der Waals surface area contributed by atoms with E-state index < -0.39 is 0 Å². The number of nitrogens with zero attached hydrogens (tertiary/aromatic N) is 1. The molecule has 2 amide bonds. The van der Waals surface area contributed by atoms with Gasteiger partial charge in [0.1, 0.15) is 0 Å². The summed E-state index contributed by atoms with van der Waals surface area (Å²) in [7, 11) is 0. The molecule has 0 aromatic rings. The Morgan fingerprint density at radius 2 is 1.91 bits per heavy atom. The quantitative estimate of drug-likeness (QED) is 0.862. The van der Waals surface area contributed by atoms with Crippen LogP contribution in [-0.4, -0.2) is 49.1 Å². The van der Waals surface area contributed by atoms with Crippen molar-refractivity contribution in [2.45, 2.75) is 64.3 Å². The standard InChI is InChI=1S/C18H30N2O3/c1-2-5-16(21)20-12-15(17(22)19-14-6-3-4-7-14)18(13-20)8-10-23-11-9-18/h14-15H,2-13H2,1H3,(H,19,22). The van der Waals surface area contributed by atoms with Crippen LogP contribution in [0.4, 0.5) is 0 Å². The lowest BCUT2D eigenvalue weighted by Crippen LogP contribution is -2.46. The highest BCUT2D eigenvalue weighted by atomic mass is 16.5. The Bertz CT molecular complexity index is 440. The molecule has 2 heterocycles. The number of carbonyl (C=O) groups excluding carboxylic acids is 2. The first-order valence-corrected chi connectivity index (χ1v) is 9.30. The van der Waals surface area contributed by atoms with E-state index in [1.165, 1.54) is 12.8 Å². The number of carbonyl (C=O) groups is 2. The molecule has 0 aromatic heterocycles. The third kappa shape index (κ3) is 3.54. The monoisotopic (exact) mass is 322 g/mol. The van der Waals surface area contributed by atoms with Crippen LogP contribution in [0.5, 0.6) is 0 Å². The molecular formula is C18H30N2O3. The maximum absolute atomic E-state index is 12.9. The zero-order chi connectivity index (χ0) is 16.3. The van der Waals surface area contributed by atoms with Gasteiger partial charge in [0.15, 0.2) is 0 Å². The number of ether oxygens (including phenoxy) is 1. The molecule has 2 aliphatic heterocycles. The van der Waals surface area contributed by atoms with E-state index >= 15 is 0 Å². The van der Waals surface area contributed by atoms with Gasteiger partial charge in [-0.25, -0.2) is 0 Å². The molecule has 2 saturated heterocycles. The molecule has 3 rings (SSSR count). The fourth-order valence-electron chi connectivity index (χ4n) is 4.55. The predicted octanol–water partition coefficient (Wildman–Crippen LogP) is 2.10. The van der Waals surface area contributed by atoms with Gasteiger partial charge in [-0.3, -0.25) is 9.59 Å². The van der Waals surface area contributed by atoms with Crippen LogP contribution >= 0.6 is 0 Å². The van der Waals surface area contributed by atoms with Crippen LogP contribution in [0.2, 0.25) is 0 Å². The fraction of sp³-hybridized carbons (Fsp3) is 0.889. The second kappa shape index (κ2) is 7.20. The van der Waals surface area contributed by atoms with Gasteiger partial charge in [0, 0.05) is 44.2 Å². The lowest BCUT2D eigenvalue weighted by Gasteiger charge is -2.37. The van der Waals surface area contributed by atoms with Gasteiger partial charge in [0.25, 0.3) is 0 Å². The molecule has 1 N–H and O–H groups in total. The Morgan fingerprint density at radius 3 is 2.57 bits per heavy atom. The van der Waals surface area contributed by atoms with Crippen molar-refractivity contribution < 1.29 is 14.3 Å². The van der Waals surface area contributed by atoms with Gasteiger partial charge in [-0.15, -0.1) is 0 Å². The van der Waals surface area contributed by atoms with Crippen molar-refractivity contribution in [3.05, 3.63) is 0 Å². The molecule has 1 unspecified atom stereocenters. The molecule has 1 saturated carbocycles. The topological polar surface area (TPSA) is 58.6 Å². The number of nitrogens with one attached hydrogen (secondary N) is 1. The van der Waals surface area contributed by atoms with Crippen molar-refractivity contribution in [2.24, 2.45) is 11.3 Å². The molecule has 3 fully saturated rings. The molecule has 23 heavy (non-hydrogen) atoms. The zero-order valence-electron chi connectivity index (χ0n) is 14.3. The summed E-state index contributed by atoms with van der Waals surface area (Å²) in [6.07, 6.45) is 7.89. The molecule has 3 aliphatic rings. The van der Waals surface area contributed by atoms with E-state index in [1.807, 2.05) is 11.8 Å². The van der Waals surface area contributed by atoms with Gasteiger partial charge in [0.05, 0.1) is 5.92 Å². The summed E-state index contributed by atoms with van der Waals surface area (Å²) in [4.78, 5) is 27.2. The second-order valence-electron chi connectivity index (χ2n) is 7.54. The number of rotatable bonds is 4. The van der Waals surface area contributed by atoms with Gasteiger partial charge in [0.2, 0.25) is 11.8 Å². The van der Waals surface area contributed by atoms with Crippen LogP contribution < -0.4 is 5.32 Å². The van der Waals surface area contributed by atoms with Crippen molar-refractivity contribution in [3.8, 4) is 0 Å². The predicted molar refractivity (Wildman–Crippen MR) is 87.9 cm³/mol. The Morgan fingerprint density at radius 1 is 1.22 bits per heavy atom. The van der Waals surface area contributed by atoms with Gasteiger partial charge in [-0.1, -0.05) is 19.8 Å². The van der Waals surface area contributed by atoms with E-state index in [4.69, 9.17) is 4.74 Å². The van der Waals surface area contributed by atoms with Gasteiger partial charge in [-0.05, 0) is 32.1 Å². The maximum atomic E-state index is 12.9. The largest absolute Gasteiger partial charge is 0.381 e. The van der Waals surface area contributed by atoms with Crippen LogP contribution in [0.15, 0.2) is 0 Å². The normalized spacial score (nSPS) is 27.5. The number of amides is 2. The Labute approximate surface area is 139 Å². The molecular weight excluding hydrogens is 292 g/mol. The van der Waals surface area contributed by atoms with Crippen molar-refractivity contribution in [2.75, 3.05) is 26.3 Å². The summed E-state index contributed by atoms with van der Waals surface area (Å²) in [5.74, 6) is 0.313. The van der Waals surface area contributed by atoms with E-state index in [0.717, 1.165) is 38.6 Å². The lowest BCUT2D eigenvalue weighted by molar-refractivity contribution is -0.130. The van der Waals surface area contributed by atoms with E-state index in [1.54, 1.807) is 0 Å². The average Bonchev–Trinajstić information content (AvgIpc) is 3.17. The highest BCUT2D eigenvalue weighted by molar-refractivity contribution is 5.83. The van der Waals surface area contributed by atoms with Gasteiger partial charge in [-0.2, -0.15) is 0 Å². The molecule has 1 atom stereocenters. The highest BCUT2D eigenvalue weighted by Crippen LogP contribution is 2.44. The number of hydrogen-bond acceptors (Lipinski definition) is 3. The van der Waals surface area contributed by atoms with Crippen molar-refractivity contribution in [1.29, 1.82) is 0 Å². The van der Waals surface area contributed by atoms with E-state index in [0.29, 0.717) is 32.2 Å². The van der Waals surface area contributed by atoms with Crippen LogP contribution in [0.3, 0.4) is 0 Å². The maximum Gasteiger partial charge on any atom is 0.225 e. The Kier molecular flexibility index (Phi) is 5.24. The molecule has 0 bridgehead atoms. The van der Waals surface area contributed by atoms with E-state index in [9.17, 15) is 9.59 Å².